The molecule has 1 aliphatic rings. The number of sulfone groups is 1. The summed E-state index contributed by atoms with van der Waals surface area (Å²) in [5, 5.41) is 2.27. The molecule has 224 valence electrons. The molecule has 3 aromatic rings. The van der Waals surface area contributed by atoms with E-state index in [2.05, 4.69) is 5.32 Å². The molecule has 3 unspecified atom stereocenters. The van der Waals surface area contributed by atoms with E-state index in [9.17, 15) is 17.6 Å². The summed E-state index contributed by atoms with van der Waals surface area (Å²) in [7, 11) is -2.80. The van der Waals surface area contributed by atoms with E-state index >= 15 is 4.39 Å². The molecule has 4 rings (SSSR count). The Kier molecular flexibility index (Phi) is 10.6. The van der Waals surface area contributed by atoms with Gasteiger partial charge in [-0.05, 0) is 79.8 Å². The fourth-order valence-electron chi connectivity index (χ4n) is 4.62. The number of rotatable bonds is 13. The minimum atomic E-state index is -4.58. The van der Waals surface area contributed by atoms with E-state index in [1.807, 2.05) is 17.5 Å². The molecule has 2 aromatic carbocycles. The summed E-state index contributed by atoms with van der Waals surface area (Å²) >= 11 is 7.44. The molecule has 1 aliphatic carbocycles. The van der Waals surface area contributed by atoms with Crippen LogP contribution in [0, 0.1) is 0 Å². The lowest BCUT2D eigenvalue weighted by atomic mass is 10.0. The zero-order valence-corrected chi connectivity index (χ0v) is 25.7. The average molecular weight is 635 g/mol. The maximum atomic E-state index is 16.4. The van der Waals surface area contributed by atoms with Crippen LogP contribution in [0.4, 0.5) is 8.78 Å². The molecule has 1 amide bonds. The van der Waals surface area contributed by atoms with Crippen molar-refractivity contribution >= 4 is 38.7 Å². The van der Waals surface area contributed by atoms with Gasteiger partial charge in [-0.3, -0.25) is 10.1 Å². The molecular weight excluding hydrogens is 602 g/mol. The minimum absolute atomic E-state index is 0.0636. The lowest BCUT2D eigenvalue weighted by Gasteiger charge is -2.34. The summed E-state index contributed by atoms with van der Waals surface area (Å²) in [5.41, 5.74) is 0.662. The van der Waals surface area contributed by atoms with Crippen LogP contribution < -0.4 is 10.1 Å². The SMILES string of the molecule is CC(NC1C=C(F)C=CC1(F)S(=O)(=O)c1ccc(Cl)cc1)c1ccccc1OCCCCN(C)C(=O)Cc1cccs1. The zero-order chi connectivity index (χ0) is 30.3. The molecule has 11 heteroatoms. The van der Waals surface area contributed by atoms with Gasteiger partial charge >= 0.3 is 0 Å². The number of likely N-dealkylation sites (N-methyl/N-ethyl adjacent to an activating group) is 1. The first-order valence-corrected chi connectivity index (χ1v) is 16.2. The van der Waals surface area contributed by atoms with Gasteiger partial charge in [-0.25, -0.2) is 17.2 Å². The van der Waals surface area contributed by atoms with E-state index in [0.717, 1.165) is 29.5 Å². The zero-order valence-electron chi connectivity index (χ0n) is 23.3. The van der Waals surface area contributed by atoms with Gasteiger partial charge in [0.25, 0.3) is 5.00 Å². The molecule has 0 fully saturated rings. The van der Waals surface area contributed by atoms with Crippen molar-refractivity contribution in [3.05, 3.63) is 106 Å². The van der Waals surface area contributed by atoms with Crippen LogP contribution in [0.3, 0.4) is 0 Å². The second-order valence-electron chi connectivity index (χ2n) is 10.1. The number of ether oxygens (including phenoxy) is 1. The minimum Gasteiger partial charge on any atom is -0.493 e. The molecule has 42 heavy (non-hydrogen) atoms. The van der Waals surface area contributed by atoms with Crippen molar-refractivity contribution in [3.63, 3.8) is 0 Å². The molecule has 6 nitrogen and oxygen atoms in total. The number of unbranched alkanes of at least 4 members (excludes halogenated alkanes) is 1. The van der Waals surface area contributed by atoms with Crippen molar-refractivity contribution < 1.29 is 26.7 Å². The highest BCUT2D eigenvalue weighted by Crippen LogP contribution is 2.38. The highest BCUT2D eigenvalue weighted by atomic mass is 35.5. The summed E-state index contributed by atoms with van der Waals surface area (Å²) in [6, 6.07) is 14.1. The Balaban J connectivity index is 1.38. The van der Waals surface area contributed by atoms with Crippen molar-refractivity contribution in [2.24, 2.45) is 0 Å². The molecule has 3 atom stereocenters. The number of benzene rings is 2. The fourth-order valence-corrected chi connectivity index (χ4v) is 7.02. The van der Waals surface area contributed by atoms with Gasteiger partial charge in [0.15, 0.2) is 0 Å². The monoisotopic (exact) mass is 634 g/mol. The van der Waals surface area contributed by atoms with E-state index < -0.39 is 32.7 Å². The smallest absolute Gasteiger partial charge is 0.252 e. The van der Waals surface area contributed by atoms with E-state index in [1.54, 1.807) is 54.5 Å². The number of carbonyl (C=O) groups excluding carboxylic acids is 1. The maximum absolute atomic E-state index is 16.4. The van der Waals surface area contributed by atoms with Crippen molar-refractivity contribution in [3.8, 4) is 5.75 Å². The van der Waals surface area contributed by atoms with Gasteiger partial charge in [-0.15, -0.1) is 11.3 Å². The number of hydrogen-bond acceptors (Lipinski definition) is 6. The van der Waals surface area contributed by atoms with Crippen LogP contribution in [0.5, 0.6) is 5.75 Å². The number of para-hydroxylation sites is 1. The Morgan fingerprint density at radius 3 is 2.60 bits per heavy atom. The van der Waals surface area contributed by atoms with E-state index in [1.165, 1.54) is 24.3 Å². The Hall–Kier alpha value is -3.05. The van der Waals surface area contributed by atoms with Crippen LogP contribution in [-0.4, -0.2) is 50.5 Å². The quantitative estimate of drug-likeness (QED) is 0.208. The van der Waals surface area contributed by atoms with Gasteiger partial charge in [0.2, 0.25) is 15.7 Å². The van der Waals surface area contributed by atoms with Gasteiger partial charge in [0, 0.05) is 35.1 Å². The molecular formula is C31H33ClF2N2O4S2. The average Bonchev–Trinajstić information content (AvgIpc) is 3.48. The molecule has 1 N–H and O–H groups in total. The third-order valence-corrected chi connectivity index (χ3v) is 10.3. The first-order valence-electron chi connectivity index (χ1n) is 13.5. The molecule has 1 heterocycles. The predicted molar refractivity (Wildman–Crippen MR) is 163 cm³/mol. The first-order chi connectivity index (χ1) is 20.0. The van der Waals surface area contributed by atoms with Gasteiger partial charge < -0.3 is 9.64 Å². The van der Waals surface area contributed by atoms with Gasteiger partial charge in [0.1, 0.15) is 11.6 Å². The molecule has 0 saturated heterocycles. The number of hydrogen-bond donors (Lipinski definition) is 1. The van der Waals surface area contributed by atoms with Crippen molar-refractivity contribution in [2.75, 3.05) is 20.2 Å². The number of nitrogens with zero attached hydrogens (tertiary/aromatic N) is 1. The lowest BCUT2D eigenvalue weighted by molar-refractivity contribution is -0.129. The van der Waals surface area contributed by atoms with Crippen molar-refractivity contribution in [2.45, 2.75) is 48.2 Å². The molecule has 0 aliphatic heterocycles. The number of thiophene rings is 1. The Labute approximate surface area is 254 Å². The van der Waals surface area contributed by atoms with Crippen molar-refractivity contribution in [1.82, 2.24) is 10.2 Å². The predicted octanol–water partition coefficient (Wildman–Crippen LogP) is 6.84. The molecule has 0 bridgehead atoms. The number of carbonyl (C=O) groups is 1. The van der Waals surface area contributed by atoms with Crippen LogP contribution in [0.2, 0.25) is 5.02 Å². The van der Waals surface area contributed by atoms with E-state index in [0.29, 0.717) is 42.3 Å². The Morgan fingerprint density at radius 2 is 1.88 bits per heavy atom. The van der Waals surface area contributed by atoms with Crippen LogP contribution in [0.15, 0.2) is 95.0 Å². The van der Waals surface area contributed by atoms with Crippen LogP contribution in [-0.2, 0) is 21.1 Å². The largest absolute Gasteiger partial charge is 0.493 e. The third kappa shape index (κ3) is 7.47. The normalized spacial score (nSPS) is 19.3. The van der Waals surface area contributed by atoms with Crippen LogP contribution in [0.25, 0.3) is 0 Å². The van der Waals surface area contributed by atoms with Gasteiger partial charge in [0.05, 0.1) is 24.0 Å². The second-order valence-corrected chi connectivity index (χ2v) is 13.6. The summed E-state index contributed by atoms with van der Waals surface area (Å²) in [6.45, 7) is 2.71. The molecule has 0 saturated carbocycles. The number of amides is 1. The topological polar surface area (TPSA) is 75.7 Å². The summed E-state index contributed by atoms with van der Waals surface area (Å²) < 4.78 is 63.5. The van der Waals surface area contributed by atoms with Gasteiger partial charge in [-0.2, -0.15) is 0 Å². The van der Waals surface area contributed by atoms with Crippen LogP contribution in [0.1, 0.15) is 36.2 Å². The lowest BCUT2D eigenvalue weighted by Crippen LogP contribution is -2.52. The highest BCUT2D eigenvalue weighted by Gasteiger charge is 2.51. The van der Waals surface area contributed by atoms with Crippen molar-refractivity contribution in [1.29, 1.82) is 0 Å². The Bertz CT molecular complexity index is 1530. The van der Waals surface area contributed by atoms with E-state index in [4.69, 9.17) is 16.3 Å². The summed E-state index contributed by atoms with van der Waals surface area (Å²) in [6.07, 6.45) is 4.32. The number of nitrogens with one attached hydrogen (secondary N) is 1. The molecule has 0 radical (unpaired) electrons. The Morgan fingerprint density at radius 1 is 1.14 bits per heavy atom. The number of halogens is 3. The fraction of sp³-hybridized carbons (Fsp3) is 0.323. The van der Waals surface area contributed by atoms with Gasteiger partial charge in [-0.1, -0.05) is 35.9 Å². The third-order valence-electron chi connectivity index (χ3n) is 7.05. The summed E-state index contributed by atoms with van der Waals surface area (Å²) in [5.74, 6) is -0.142. The summed E-state index contributed by atoms with van der Waals surface area (Å²) in [4.78, 5) is 14.9. The number of alkyl halides is 1. The number of allylic oxidation sites excluding steroid dienone is 2. The molecule has 1 aromatic heterocycles. The first kappa shape index (κ1) is 31.9. The van der Waals surface area contributed by atoms with Crippen LogP contribution >= 0.6 is 22.9 Å². The second kappa shape index (κ2) is 13.9. The van der Waals surface area contributed by atoms with E-state index in [-0.39, 0.29) is 10.8 Å². The molecule has 0 spiro atoms. The standard InChI is InChI=1S/C31H33ClF2N2O4S2/c1-22(35-29-20-24(33)15-16-31(29,34)42(38,39)26-13-11-23(32)12-14-26)27-9-3-4-10-28(27)40-18-6-5-17-36(2)30(37)21-25-8-7-19-41-25/h3-4,7-16,19-20,22,29,35H,5-6,17-18,21H2,1-2H3. The maximum Gasteiger partial charge on any atom is 0.252 e. The highest BCUT2D eigenvalue weighted by molar-refractivity contribution is 7.93.